The molecule has 198 valence electrons. The molecule has 8 nitrogen and oxygen atoms in total. The van der Waals surface area contributed by atoms with Gasteiger partial charge in [-0.3, -0.25) is 14.5 Å². The van der Waals surface area contributed by atoms with Crippen molar-refractivity contribution >= 4 is 29.0 Å². The molecule has 2 aliphatic rings. The number of carbonyl (C=O) groups excluding carboxylic acids is 2. The van der Waals surface area contributed by atoms with Gasteiger partial charge in [-0.05, 0) is 49.2 Å². The van der Waals surface area contributed by atoms with Crippen LogP contribution in [0, 0.1) is 12.7 Å². The summed E-state index contributed by atoms with van der Waals surface area (Å²) in [5.41, 5.74) is 0.526. The lowest BCUT2D eigenvalue weighted by Crippen LogP contribution is -2.50. The second-order valence-corrected chi connectivity index (χ2v) is 9.21. The third kappa shape index (κ3) is 4.34. The first-order valence-corrected chi connectivity index (χ1v) is 11.9. The molecule has 1 fully saturated rings. The summed E-state index contributed by atoms with van der Waals surface area (Å²) in [6, 6.07) is 7.12. The molecule has 0 aliphatic carbocycles. The summed E-state index contributed by atoms with van der Waals surface area (Å²) in [6.07, 6.45) is -3.05. The minimum absolute atomic E-state index is 0.116. The van der Waals surface area contributed by atoms with Gasteiger partial charge < -0.3 is 15.3 Å². The zero-order valence-electron chi connectivity index (χ0n) is 20.4. The van der Waals surface area contributed by atoms with E-state index in [-0.39, 0.29) is 11.6 Å². The molecule has 4 heterocycles. The Kier molecular flexibility index (Phi) is 6.30. The van der Waals surface area contributed by atoms with Gasteiger partial charge in [0.1, 0.15) is 6.04 Å². The van der Waals surface area contributed by atoms with Gasteiger partial charge >= 0.3 is 6.18 Å². The van der Waals surface area contributed by atoms with Crippen LogP contribution in [0.15, 0.2) is 42.7 Å². The number of aryl methyl sites for hydroxylation is 1. The number of nitrogens with one attached hydrogen (secondary N) is 1. The quantitative estimate of drug-likeness (QED) is 0.493. The normalized spacial score (nSPS) is 18.9. The van der Waals surface area contributed by atoms with Crippen molar-refractivity contribution in [2.75, 3.05) is 28.2 Å². The number of pyridine rings is 2. The zero-order chi connectivity index (χ0) is 27.4. The third-order valence-corrected chi connectivity index (χ3v) is 6.77. The number of hydrogen-bond donors (Lipinski definition) is 2. The van der Waals surface area contributed by atoms with Crippen LogP contribution in [0.2, 0.25) is 0 Å². The molecule has 2 amide bonds. The van der Waals surface area contributed by atoms with Gasteiger partial charge in [-0.25, -0.2) is 14.4 Å². The van der Waals surface area contributed by atoms with Crippen molar-refractivity contribution in [2.45, 2.75) is 38.6 Å². The number of nitrogens with zero attached hydrogens (tertiary/aromatic N) is 4. The van der Waals surface area contributed by atoms with Gasteiger partial charge in [-0.1, -0.05) is 6.07 Å². The number of aliphatic hydroxyl groups excluding tert-OH is 1. The molecule has 2 aromatic heterocycles. The number of anilines is 3. The second-order valence-electron chi connectivity index (χ2n) is 9.21. The standard InChI is InChI=1S/C26H23F4N5O3/c1-3-34-23-19(35-12-16(36)10-20(35)25(34)38)8-14(11-32-23)18-9-15(5-4-13(18)2)33-24(37)17-6-7-31-22(21(17)27)26(28,29)30/h4-9,11,16,20,36H,3,10,12H2,1-2H3,(H,33,37)/t16-,20-/m1/s1. The van der Waals surface area contributed by atoms with E-state index >= 15 is 0 Å². The molecule has 0 saturated carbocycles. The van der Waals surface area contributed by atoms with Crippen molar-refractivity contribution in [2.24, 2.45) is 0 Å². The summed E-state index contributed by atoms with van der Waals surface area (Å²) >= 11 is 0. The Morgan fingerprint density at radius 2 is 1.97 bits per heavy atom. The van der Waals surface area contributed by atoms with E-state index in [1.165, 1.54) is 0 Å². The summed E-state index contributed by atoms with van der Waals surface area (Å²) in [4.78, 5) is 36.6. The molecule has 1 aromatic carbocycles. The maximum absolute atomic E-state index is 14.4. The van der Waals surface area contributed by atoms with Gasteiger partial charge in [-0.15, -0.1) is 0 Å². The molecule has 12 heteroatoms. The van der Waals surface area contributed by atoms with Crippen LogP contribution >= 0.6 is 0 Å². The maximum Gasteiger partial charge on any atom is 0.436 e. The van der Waals surface area contributed by atoms with Crippen LogP contribution in [0.4, 0.5) is 34.8 Å². The largest absolute Gasteiger partial charge is 0.436 e. The van der Waals surface area contributed by atoms with Gasteiger partial charge in [0, 0.05) is 43.2 Å². The van der Waals surface area contributed by atoms with Crippen molar-refractivity contribution in [3.63, 3.8) is 0 Å². The van der Waals surface area contributed by atoms with E-state index in [2.05, 4.69) is 15.3 Å². The van der Waals surface area contributed by atoms with Crippen LogP contribution < -0.4 is 15.1 Å². The van der Waals surface area contributed by atoms with Crippen LogP contribution in [0.5, 0.6) is 0 Å². The van der Waals surface area contributed by atoms with Gasteiger partial charge in [0.15, 0.2) is 17.3 Å². The summed E-state index contributed by atoms with van der Waals surface area (Å²) in [5, 5.41) is 12.7. The Balaban J connectivity index is 1.49. The Labute approximate surface area is 214 Å². The van der Waals surface area contributed by atoms with E-state index in [0.29, 0.717) is 42.1 Å². The van der Waals surface area contributed by atoms with Gasteiger partial charge in [0.2, 0.25) is 0 Å². The second kappa shape index (κ2) is 9.35. The number of carbonyl (C=O) groups is 2. The minimum atomic E-state index is -5.04. The molecule has 3 aromatic rings. The van der Waals surface area contributed by atoms with Crippen molar-refractivity contribution in [3.8, 4) is 11.1 Å². The minimum Gasteiger partial charge on any atom is -0.391 e. The highest BCUT2D eigenvalue weighted by Gasteiger charge is 2.44. The van der Waals surface area contributed by atoms with Crippen molar-refractivity contribution in [1.29, 1.82) is 0 Å². The molecule has 2 atom stereocenters. The summed E-state index contributed by atoms with van der Waals surface area (Å²) < 4.78 is 53.5. The predicted octanol–water partition coefficient (Wildman–Crippen LogP) is 4.17. The van der Waals surface area contributed by atoms with Crippen LogP contribution in [-0.2, 0) is 11.0 Å². The number of rotatable bonds is 4. The van der Waals surface area contributed by atoms with Crippen LogP contribution in [0.3, 0.4) is 0 Å². The highest BCUT2D eigenvalue weighted by Crippen LogP contribution is 2.41. The SMILES string of the molecule is CCN1C(=O)[C@H]2C[C@@H](O)CN2c2cc(-c3cc(NC(=O)c4ccnc(C(F)(F)F)c4F)ccc3C)cnc21. The molecular weight excluding hydrogens is 506 g/mol. The first-order chi connectivity index (χ1) is 18.0. The molecule has 5 rings (SSSR count). The molecular formula is C26H23F4N5O3. The molecule has 0 radical (unpaired) electrons. The average Bonchev–Trinajstić information content (AvgIpc) is 3.27. The molecule has 0 spiro atoms. The lowest BCUT2D eigenvalue weighted by molar-refractivity contribution is -0.143. The Morgan fingerprint density at radius 1 is 1.21 bits per heavy atom. The molecule has 2 aliphatic heterocycles. The van der Waals surface area contributed by atoms with Gasteiger partial charge in [0.25, 0.3) is 11.8 Å². The number of fused-ring (bicyclic) bond motifs is 3. The molecule has 0 bridgehead atoms. The number of aliphatic hydroxyl groups is 1. The highest BCUT2D eigenvalue weighted by molar-refractivity contribution is 6.06. The molecule has 2 N–H and O–H groups in total. The van der Waals surface area contributed by atoms with Crippen molar-refractivity contribution in [1.82, 2.24) is 9.97 Å². The number of hydrogen-bond acceptors (Lipinski definition) is 6. The molecule has 38 heavy (non-hydrogen) atoms. The number of amides is 2. The number of aromatic nitrogens is 2. The van der Waals surface area contributed by atoms with E-state index in [0.717, 1.165) is 17.8 Å². The zero-order valence-corrected chi connectivity index (χ0v) is 20.4. The fraction of sp³-hybridized carbons (Fsp3) is 0.308. The van der Waals surface area contributed by atoms with E-state index in [1.807, 2.05) is 24.8 Å². The number of benzene rings is 1. The first-order valence-electron chi connectivity index (χ1n) is 11.9. The van der Waals surface area contributed by atoms with E-state index in [9.17, 15) is 32.3 Å². The first kappa shape index (κ1) is 25.6. The van der Waals surface area contributed by atoms with Crippen LogP contribution in [-0.4, -0.2) is 52.1 Å². The van der Waals surface area contributed by atoms with E-state index < -0.39 is 41.3 Å². The fourth-order valence-corrected chi connectivity index (χ4v) is 4.94. The average molecular weight is 529 g/mol. The number of halogens is 4. The highest BCUT2D eigenvalue weighted by atomic mass is 19.4. The Morgan fingerprint density at radius 3 is 2.68 bits per heavy atom. The van der Waals surface area contributed by atoms with Crippen molar-refractivity contribution < 1.29 is 32.3 Å². The summed E-state index contributed by atoms with van der Waals surface area (Å²) in [6.45, 7) is 4.39. The van der Waals surface area contributed by atoms with Crippen molar-refractivity contribution in [3.05, 3.63) is 65.4 Å². The number of alkyl halides is 3. The number of likely N-dealkylation sites (N-methyl/N-ethyl adjacent to an activating group) is 1. The Bertz CT molecular complexity index is 1440. The lowest BCUT2D eigenvalue weighted by atomic mass is 9.99. The third-order valence-electron chi connectivity index (χ3n) is 6.77. The Hall–Kier alpha value is -4.06. The topological polar surface area (TPSA) is 98.7 Å². The van der Waals surface area contributed by atoms with E-state index in [4.69, 9.17) is 0 Å². The predicted molar refractivity (Wildman–Crippen MR) is 131 cm³/mol. The van der Waals surface area contributed by atoms with Crippen LogP contribution in [0.25, 0.3) is 11.1 Å². The smallest absolute Gasteiger partial charge is 0.391 e. The molecule has 1 saturated heterocycles. The fourth-order valence-electron chi connectivity index (χ4n) is 4.94. The summed E-state index contributed by atoms with van der Waals surface area (Å²) in [7, 11) is 0. The van der Waals surface area contributed by atoms with Crippen LogP contribution in [0.1, 0.15) is 35.0 Å². The lowest BCUT2D eigenvalue weighted by Gasteiger charge is -2.38. The van der Waals surface area contributed by atoms with Gasteiger partial charge in [0.05, 0.1) is 17.4 Å². The molecule has 0 unspecified atom stereocenters. The summed E-state index contributed by atoms with van der Waals surface area (Å²) in [5.74, 6) is -2.43. The van der Waals surface area contributed by atoms with E-state index in [1.54, 1.807) is 29.3 Å². The van der Waals surface area contributed by atoms with Gasteiger partial charge in [-0.2, -0.15) is 13.2 Å². The monoisotopic (exact) mass is 529 g/mol. The maximum atomic E-state index is 14.4.